The standard InChI is InChI=1S/C20H27N3O2/c1-5-16(3)25-19-8-6-7-17(11-19)13-22-20(24)23(4)14-18-9-10-21-12-15(18)2/h6-12,16H,5,13-14H2,1-4H3,(H,22,24). The van der Waals surface area contributed by atoms with E-state index in [-0.39, 0.29) is 12.1 Å². The Balaban J connectivity index is 1.89. The average molecular weight is 341 g/mol. The van der Waals surface area contributed by atoms with Crippen molar-refractivity contribution in [3.8, 4) is 5.75 Å². The Bertz CT molecular complexity index is 703. The maximum atomic E-state index is 12.3. The molecule has 0 aliphatic heterocycles. The normalized spacial score (nSPS) is 11.7. The summed E-state index contributed by atoms with van der Waals surface area (Å²) < 4.78 is 5.82. The van der Waals surface area contributed by atoms with E-state index in [0.29, 0.717) is 13.1 Å². The molecular weight excluding hydrogens is 314 g/mol. The third-order valence-electron chi connectivity index (χ3n) is 4.15. The number of aryl methyl sites for hydroxylation is 1. The fourth-order valence-corrected chi connectivity index (χ4v) is 2.36. The Morgan fingerprint density at radius 2 is 2.16 bits per heavy atom. The fraction of sp³-hybridized carbons (Fsp3) is 0.400. The first-order valence-corrected chi connectivity index (χ1v) is 8.63. The maximum absolute atomic E-state index is 12.3. The number of rotatable bonds is 7. The molecule has 5 nitrogen and oxygen atoms in total. The number of nitrogens with one attached hydrogen (secondary N) is 1. The van der Waals surface area contributed by atoms with Crippen molar-refractivity contribution in [2.75, 3.05) is 7.05 Å². The third-order valence-corrected chi connectivity index (χ3v) is 4.15. The quantitative estimate of drug-likeness (QED) is 0.831. The van der Waals surface area contributed by atoms with Crippen LogP contribution in [0.3, 0.4) is 0 Å². The Kier molecular flexibility index (Phi) is 6.81. The average Bonchev–Trinajstić information content (AvgIpc) is 2.61. The molecule has 1 N–H and O–H groups in total. The number of aromatic nitrogens is 1. The van der Waals surface area contributed by atoms with E-state index >= 15 is 0 Å². The van der Waals surface area contributed by atoms with Crippen molar-refractivity contribution < 1.29 is 9.53 Å². The second-order valence-corrected chi connectivity index (χ2v) is 6.30. The molecule has 2 rings (SSSR count). The molecule has 0 fully saturated rings. The van der Waals surface area contributed by atoms with Crippen molar-refractivity contribution in [2.45, 2.75) is 46.4 Å². The largest absolute Gasteiger partial charge is 0.491 e. The van der Waals surface area contributed by atoms with Gasteiger partial charge in [-0.25, -0.2) is 4.79 Å². The summed E-state index contributed by atoms with van der Waals surface area (Å²) in [7, 11) is 1.79. The number of nitrogens with zero attached hydrogens (tertiary/aromatic N) is 2. The van der Waals surface area contributed by atoms with Crippen molar-refractivity contribution in [3.05, 3.63) is 59.4 Å². The molecule has 0 spiro atoms. The highest BCUT2D eigenvalue weighted by Gasteiger charge is 2.10. The van der Waals surface area contributed by atoms with Crippen molar-refractivity contribution in [2.24, 2.45) is 0 Å². The molecule has 0 aliphatic carbocycles. The van der Waals surface area contributed by atoms with Gasteiger partial charge in [0.1, 0.15) is 5.75 Å². The number of amides is 2. The van der Waals surface area contributed by atoms with Crippen LogP contribution in [0.1, 0.15) is 37.0 Å². The second-order valence-electron chi connectivity index (χ2n) is 6.30. The fourth-order valence-electron chi connectivity index (χ4n) is 2.36. The van der Waals surface area contributed by atoms with Crippen molar-refractivity contribution in [3.63, 3.8) is 0 Å². The molecule has 0 bridgehead atoms. The van der Waals surface area contributed by atoms with E-state index < -0.39 is 0 Å². The molecule has 1 heterocycles. The smallest absolute Gasteiger partial charge is 0.317 e. The highest BCUT2D eigenvalue weighted by molar-refractivity contribution is 5.73. The summed E-state index contributed by atoms with van der Waals surface area (Å²) in [6, 6.07) is 9.67. The summed E-state index contributed by atoms with van der Waals surface area (Å²) in [6.07, 6.45) is 4.69. The van der Waals surface area contributed by atoms with Gasteiger partial charge in [0.15, 0.2) is 0 Å². The van der Waals surface area contributed by atoms with E-state index in [1.165, 1.54) is 0 Å². The Morgan fingerprint density at radius 1 is 1.36 bits per heavy atom. The second kappa shape index (κ2) is 9.06. The topological polar surface area (TPSA) is 54.5 Å². The van der Waals surface area contributed by atoms with E-state index in [9.17, 15) is 4.79 Å². The van der Waals surface area contributed by atoms with Gasteiger partial charge in [0.25, 0.3) is 0 Å². The number of hydrogen-bond acceptors (Lipinski definition) is 3. The number of pyridine rings is 1. The van der Waals surface area contributed by atoms with Crippen molar-refractivity contribution >= 4 is 6.03 Å². The van der Waals surface area contributed by atoms with Crippen LogP contribution in [-0.4, -0.2) is 29.1 Å². The van der Waals surface area contributed by atoms with E-state index in [2.05, 4.69) is 17.2 Å². The number of benzene rings is 1. The molecule has 1 atom stereocenters. The van der Waals surface area contributed by atoms with Gasteiger partial charge in [-0.15, -0.1) is 0 Å². The monoisotopic (exact) mass is 341 g/mol. The van der Waals surface area contributed by atoms with Crippen LogP contribution in [0, 0.1) is 6.92 Å². The predicted molar refractivity (Wildman–Crippen MR) is 99.5 cm³/mol. The molecule has 0 aliphatic rings. The van der Waals surface area contributed by atoms with Crippen molar-refractivity contribution in [1.82, 2.24) is 15.2 Å². The number of ether oxygens (including phenoxy) is 1. The minimum Gasteiger partial charge on any atom is -0.491 e. The number of hydrogen-bond donors (Lipinski definition) is 1. The highest BCUT2D eigenvalue weighted by Crippen LogP contribution is 2.16. The number of carbonyl (C=O) groups is 1. The van der Waals surface area contributed by atoms with E-state index in [0.717, 1.165) is 28.9 Å². The van der Waals surface area contributed by atoms with Gasteiger partial charge in [-0.3, -0.25) is 4.98 Å². The van der Waals surface area contributed by atoms with Gasteiger partial charge >= 0.3 is 6.03 Å². The third kappa shape index (κ3) is 5.78. The van der Waals surface area contributed by atoms with Gasteiger partial charge in [-0.1, -0.05) is 19.1 Å². The molecule has 0 saturated carbocycles. The van der Waals surface area contributed by atoms with Gasteiger partial charge in [0.05, 0.1) is 6.10 Å². The highest BCUT2D eigenvalue weighted by atomic mass is 16.5. The number of urea groups is 1. The Hall–Kier alpha value is -2.56. The van der Waals surface area contributed by atoms with E-state index in [1.807, 2.05) is 50.4 Å². The summed E-state index contributed by atoms with van der Waals surface area (Å²) in [5.74, 6) is 0.835. The van der Waals surface area contributed by atoms with Gasteiger partial charge < -0.3 is 15.0 Å². The molecule has 5 heteroatoms. The molecule has 0 radical (unpaired) electrons. The molecule has 2 aromatic rings. The zero-order chi connectivity index (χ0) is 18.2. The number of carbonyl (C=O) groups excluding carboxylic acids is 1. The van der Waals surface area contributed by atoms with Gasteiger partial charge in [-0.2, -0.15) is 0 Å². The summed E-state index contributed by atoms with van der Waals surface area (Å²) in [4.78, 5) is 18.1. The Labute approximate surface area is 150 Å². The molecular formula is C20H27N3O2. The molecule has 134 valence electrons. The minimum absolute atomic E-state index is 0.107. The van der Waals surface area contributed by atoms with E-state index in [4.69, 9.17) is 4.74 Å². The molecule has 25 heavy (non-hydrogen) atoms. The first kappa shape index (κ1) is 18.8. The lowest BCUT2D eigenvalue weighted by atomic mass is 10.1. The summed E-state index contributed by atoms with van der Waals surface area (Å²) in [6.45, 7) is 7.16. The van der Waals surface area contributed by atoms with E-state index in [1.54, 1.807) is 18.1 Å². The van der Waals surface area contributed by atoms with Gasteiger partial charge in [-0.05, 0) is 55.2 Å². The summed E-state index contributed by atoms with van der Waals surface area (Å²) in [5.41, 5.74) is 3.19. The first-order chi connectivity index (χ1) is 12.0. The summed E-state index contributed by atoms with van der Waals surface area (Å²) >= 11 is 0. The zero-order valence-corrected chi connectivity index (χ0v) is 15.5. The lowest BCUT2D eigenvalue weighted by Crippen LogP contribution is -2.36. The predicted octanol–water partition coefficient (Wildman–Crippen LogP) is 3.91. The van der Waals surface area contributed by atoms with Gasteiger partial charge in [0, 0.05) is 32.5 Å². The molecule has 0 saturated heterocycles. The van der Waals surface area contributed by atoms with Crippen LogP contribution < -0.4 is 10.1 Å². The van der Waals surface area contributed by atoms with Crippen LogP contribution in [0.15, 0.2) is 42.7 Å². The molecule has 1 unspecified atom stereocenters. The van der Waals surface area contributed by atoms with Crippen molar-refractivity contribution in [1.29, 1.82) is 0 Å². The van der Waals surface area contributed by atoms with Crippen LogP contribution in [0.5, 0.6) is 5.75 Å². The van der Waals surface area contributed by atoms with Gasteiger partial charge in [0.2, 0.25) is 0 Å². The SMILES string of the molecule is CCC(C)Oc1cccc(CNC(=O)N(C)Cc2ccncc2C)c1. The van der Waals surface area contributed by atoms with Crippen LogP contribution in [0.25, 0.3) is 0 Å². The lowest BCUT2D eigenvalue weighted by Gasteiger charge is -2.19. The molecule has 1 aromatic heterocycles. The summed E-state index contributed by atoms with van der Waals surface area (Å²) in [5, 5.41) is 2.95. The van der Waals surface area contributed by atoms with Crippen LogP contribution in [-0.2, 0) is 13.1 Å². The maximum Gasteiger partial charge on any atom is 0.317 e. The molecule has 1 aromatic carbocycles. The van der Waals surface area contributed by atoms with Crippen LogP contribution >= 0.6 is 0 Å². The first-order valence-electron chi connectivity index (χ1n) is 8.63. The lowest BCUT2D eigenvalue weighted by molar-refractivity contribution is 0.206. The van der Waals surface area contributed by atoms with Crippen LogP contribution in [0.2, 0.25) is 0 Å². The minimum atomic E-state index is -0.107. The zero-order valence-electron chi connectivity index (χ0n) is 15.5. The molecule has 2 amide bonds. The van der Waals surface area contributed by atoms with Crippen LogP contribution in [0.4, 0.5) is 4.79 Å². The Morgan fingerprint density at radius 3 is 2.88 bits per heavy atom.